The monoisotopic (exact) mass is 267 g/mol. The molecule has 0 aliphatic rings. The Bertz CT molecular complexity index is 472. The average Bonchev–Trinajstić information content (AvgIpc) is 2.36. The number of carboxylic acids is 1. The standard InChI is InChI=1S/C13H17ClN2O2/c1-4-8(2)9(3)15-16-12-7-10(13(17)18)5-6-11(12)14/h5-8,16H,4H2,1-3H3,(H,17,18)/p-1/b15-9-/t8-/m1/s1. The van der Waals surface area contributed by atoms with Gasteiger partial charge in [0.1, 0.15) is 0 Å². The van der Waals surface area contributed by atoms with Gasteiger partial charge < -0.3 is 9.90 Å². The summed E-state index contributed by atoms with van der Waals surface area (Å²) in [6.45, 7) is 6.06. The van der Waals surface area contributed by atoms with Gasteiger partial charge in [0, 0.05) is 5.71 Å². The maximum Gasteiger partial charge on any atom is 0.0754 e. The van der Waals surface area contributed by atoms with Crippen LogP contribution >= 0.6 is 11.6 Å². The summed E-state index contributed by atoms with van der Waals surface area (Å²) >= 11 is 5.95. The third kappa shape index (κ3) is 3.74. The van der Waals surface area contributed by atoms with Crippen LogP contribution in [0.15, 0.2) is 23.3 Å². The molecule has 0 saturated carbocycles. The summed E-state index contributed by atoms with van der Waals surface area (Å²) < 4.78 is 0. The van der Waals surface area contributed by atoms with E-state index in [4.69, 9.17) is 11.6 Å². The number of nitrogens with zero attached hydrogens (tertiary/aromatic N) is 1. The maximum absolute atomic E-state index is 10.7. The molecule has 1 atom stereocenters. The van der Waals surface area contributed by atoms with Gasteiger partial charge in [-0.2, -0.15) is 5.10 Å². The molecule has 1 aromatic carbocycles. The van der Waals surface area contributed by atoms with Crippen LogP contribution in [0.5, 0.6) is 0 Å². The lowest BCUT2D eigenvalue weighted by molar-refractivity contribution is -0.255. The highest BCUT2D eigenvalue weighted by Gasteiger charge is 2.05. The molecule has 0 radical (unpaired) electrons. The van der Waals surface area contributed by atoms with Crippen molar-refractivity contribution in [2.45, 2.75) is 27.2 Å². The van der Waals surface area contributed by atoms with E-state index in [9.17, 15) is 9.90 Å². The molecule has 0 fully saturated rings. The number of hydrogen-bond acceptors (Lipinski definition) is 4. The van der Waals surface area contributed by atoms with Crippen molar-refractivity contribution in [3.05, 3.63) is 28.8 Å². The van der Waals surface area contributed by atoms with Crippen molar-refractivity contribution in [3.8, 4) is 0 Å². The second-order valence-corrected chi connectivity index (χ2v) is 4.56. The Labute approximate surface area is 112 Å². The van der Waals surface area contributed by atoms with Crippen LogP contribution in [0.4, 0.5) is 5.69 Å². The van der Waals surface area contributed by atoms with Crippen LogP contribution in [0.3, 0.4) is 0 Å². The van der Waals surface area contributed by atoms with E-state index in [0.29, 0.717) is 16.6 Å². The Morgan fingerprint density at radius 3 is 2.78 bits per heavy atom. The molecule has 1 N–H and O–H groups in total. The molecule has 0 aromatic heterocycles. The number of halogens is 1. The van der Waals surface area contributed by atoms with Crippen LogP contribution in [0.1, 0.15) is 37.6 Å². The lowest BCUT2D eigenvalue weighted by Crippen LogP contribution is -2.22. The van der Waals surface area contributed by atoms with Crippen molar-refractivity contribution in [2.24, 2.45) is 11.0 Å². The lowest BCUT2D eigenvalue weighted by Gasteiger charge is -2.11. The van der Waals surface area contributed by atoms with E-state index in [1.165, 1.54) is 18.2 Å². The van der Waals surface area contributed by atoms with E-state index in [2.05, 4.69) is 24.4 Å². The van der Waals surface area contributed by atoms with E-state index in [-0.39, 0.29) is 5.56 Å². The average molecular weight is 268 g/mol. The Morgan fingerprint density at radius 1 is 1.56 bits per heavy atom. The fourth-order valence-corrected chi connectivity index (χ4v) is 1.45. The van der Waals surface area contributed by atoms with Crippen LogP contribution < -0.4 is 10.5 Å². The van der Waals surface area contributed by atoms with Gasteiger partial charge in [-0.05, 0) is 37.0 Å². The van der Waals surface area contributed by atoms with Crippen molar-refractivity contribution in [3.63, 3.8) is 0 Å². The summed E-state index contributed by atoms with van der Waals surface area (Å²) in [6.07, 6.45) is 0.990. The minimum Gasteiger partial charge on any atom is -0.545 e. The Morgan fingerprint density at radius 2 is 2.22 bits per heavy atom. The first-order valence-electron chi connectivity index (χ1n) is 5.76. The Balaban J connectivity index is 2.90. The minimum absolute atomic E-state index is 0.0679. The smallest absolute Gasteiger partial charge is 0.0754 e. The largest absolute Gasteiger partial charge is 0.545 e. The molecule has 1 rings (SSSR count). The molecule has 0 heterocycles. The van der Waals surface area contributed by atoms with E-state index in [0.717, 1.165) is 12.1 Å². The van der Waals surface area contributed by atoms with Crippen LogP contribution in [0, 0.1) is 5.92 Å². The van der Waals surface area contributed by atoms with Gasteiger partial charge in [0.25, 0.3) is 0 Å². The third-order valence-corrected chi connectivity index (χ3v) is 3.21. The third-order valence-electron chi connectivity index (χ3n) is 2.88. The van der Waals surface area contributed by atoms with Crippen molar-refractivity contribution < 1.29 is 9.90 Å². The highest BCUT2D eigenvalue weighted by atomic mass is 35.5. The Hall–Kier alpha value is -1.55. The molecular weight excluding hydrogens is 252 g/mol. The van der Waals surface area contributed by atoms with E-state index in [1.807, 2.05) is 6.92 Å². The van der Waals surface area contributed by atoms with E-state index >= 15 is 0 Å². The minimum atomic E-state index is -1.24. The first-order chi connectivity index (χ1) is 8.45. The predicted octanol–water partition coefficient (Wildman–Crippen LogP) is 2.54. The second-order valence-electron chi connectivity index (χ2n) is 4.16. The highest BCUT2D eigenvalue weighted by Crippen LogP contribution is 2.23. The summed E-state index contributed by atoms with van der Waals surface area (Å²) in [7, 11) is 0. The first-order valence-corrected chi connectivity index (χ1v) is 6.14. The number of carbonyl (C=O) groups excluding carboxylic acids is 1. The summed E-state index contributed by atoms with van der Waals surface area (Å²) in [5.74, 6) is -0.877. The number of hydrazone groups is 1. The first kappa shape index (κ1) is 14.5. The number of hydrogen-bond donors (Lipinski definition) is 1. The molecular formula is C13H16ClN2O2-. The molecule has 18 heavy (non-hydrogen) atoms. The summed E-state index contributed by atoms with van der Waals surface area (Å²) in [6, 6.07) is 4.31. The fourth-order valence-electron chi connectivity index (χ4n) is 1.29. The highest BCUT2D eigenvalue weighted by molar-refractivity contribution is 6.33. The quantitative estimate of drug-likeness (QED) is 0.659. The number of benzene rings is 1. The zero-order valence-corrected chi connectivity index (χ0v) is 11.4. The molecule has 0 aliphatic carbocycles. The molecule has 0 amide bonds. The number of carbonyl (C=O) groups is 1. The van der Waals surface area contributed by atoms with Gasteiger partial charge in [0.2, 0.25) is 0 Å². The van der Waals surface area contributed by atoms with Gasteiger partial charge >= 0.3 is 0 Å². The topological polar surface area (TPSA) is 64.5 Å². The Kier molecular flexibility index (Phi) is 5.16. The number of aromatic carboxylic acids is 1. The van der Waals surface area contributed by atoms with Gasteiger partial charge in [0.15, 0.2) is 0 Å². The molecule has 5 heteroatoms. The van der Waals surface area contributed by atoms with Crippen LogP contribution in [-0.4, -0.2) is 11.7 Å². The van der Waals surface area contributed by atoms with E-state index in [1.54, 1.807) is 0 Å². The summed E-state index contributed by atoms with van der Waals surface area (Å²) in [4.78, 5) is 10.7. The van der Waals surface area contributed by atoms with Crippen molar-refractivity contribution in [1.29, 1.82) is 0 Å². The van der Waals surface area contributed by atoms with Crippen molar-refractivity contribution in [2.75, 3.05) is 5.43 Å². The zero-order valence-electron chi connectivity index (χ0n) is 10.7. The predicted molar refractivity (Wildman–Crippen MR) is 72.0 cm³/mol. The molecule has 0 unspecified atom stereocenters. The van der Waals surface area contributed by atoms with Crippen molar-refractivity contribution in [1.82, 2.24) is 0 Å². The lowest BCUT2D eigenvalue weighted by atomic mass is 10.1. The van der Waals surface area contributed by atoms with Gasteiger partial charge in [-0.1, -0.05) is 31.5 Å². The number of nitrogens with one attached hydrogen (secondary N) is 1. The van der Waals surface area contributed by atoms with Crippen LogP contribution in [0.2, 0.25) is 5.02 Å². The number of anilines is 1. The van der Waals surface area contributed by atoms with Crippen LogP contribution in [0.25, 0.3) is 0 Å². The van der Waals surface area contributed by atoms with Gasteiger partial charge in [-0.25, -0.2) is 0 Å². The number of carboxylic acid groups (broad SMARTS) is 1. The van der Waals surface area contributed by atoms with Gasteiger partial charge in [-0.3, -0.25) is 5.43 Å². The van der Waals surface area contributed by atoms with Crippen LogP contribution in [-0.2, 0) is 0 Å². The maximum atomic E-state index is 10.7. The van der Waals surface area contributed by atoms with Crippen molar-refractivity contribution >= 4 is 29.0 Å². The molecule has 98 valence electrons. The molecule has 4 nitrogen and oxygen atoms in total. The second kappa shape index (κ2) is 6.40. The fraction of sp³-hybridized carbons (Fsp3) is 0.385. The van der Waals surface area contributed by atoms with Gasteiger partial charge in [-0.15, -0.1) is 0 Å². The summed E-state index contributed by atoms with van der Waals surface area (Å²) in [5.41, 5.74) is 4.25. The van der Waals surface area contributed by atoms with Gasteiger partial charge in [0.05, 0.1) is 16.7 Å². The molecule has 0 saturated heterocycles. The molecule has 0 spiro atoms. The normalized spacial score (nSPS) is 13.2. The zero-order chi connectivity index (χ0) is 13.7. The molecule has 0 aliphatic heterocycles. The molecule has 1 aromatic rings. The number of rotatable bonds is 5. The molecule has 0 bridgehead atoms. The van der Waals surface area contributed by atoms with E-state index < -0.39 is 5.97 Å². The SMILES string of the molecule is CC[C@@H](C)/C(C)=N\Nc1cc(C(=O)[O-])ccc1Cl. The summed E-state index contributed by atoms with van der Waals surface area (Å²) in [5, 5.41) is 15.4.